The first kappa shape index (κ1) is 26.9. The molecule has 4 aromatic carbocycles. The van der Waals surface area contributed by atoms with E-state index in [0.29, 0.717) is 24.3 Å². The number of benzene rings is 4. The molecule has 0 atom stereocenters. The van der Waals surface area contributed by atoms with Crippen molar-refractivity contribution < 1.29 is 28.6 Å². The van der Waals surface area contributed by atoms with E-state index >= 15 is 0 Å². The van der Waals surface area contributed by atoms with E-state index in [2.05, 4.69) is 15.6 Å². The summed E-state index contributed by atoms with van der Waals surface area (Å²) < 4.78 is 16.1. The van der Waals surface area contributed by atoms with E-state index < -0.39 is 17.8 Å². The number of hydrazine groups is 1. The number of rotatable bonds is 10. The van der Waals surface area contributed by atoms with Crippen LogP contribution in [-0.4, -0.2) is 38.1 Å². The van der Waals surface area contributed by atoms with Gasteiger partial charge in [0.15, 0.2) is 0 Å². The SMILES string of the molecule is COC(=O)c1ccc(C(=O)NNC(=O)c2ccc(-c3ccc(OCCCOc4ccccc4)cc3)cc2)cc1. The summed E-state index contributed by atoms with van der Waals surface area (Å²) >= 11 is 0. The van der Waals surface area contributed by atoms with Gasteiger partial charge in [-0.2, -0.15) is 0 Å². The summed E-state index contributed by atoms with van der Waals surface area (Å²) in [5.41, 5.74) is 7.67. The molecular formula is C31H28N2O6. The largest absolute Gasteiger partial charge is 0.493 e. The van der Waals surface area contributed by atoms with Crippen LogP contribution in [0.2, 0.25) is 0 Å². The van der Waals surface area contributed by atoms with Crippen molar-refractivity contribution in [1.29, 1.82) is 0 Å². The number of carbonyl (C=O) groups is 3. The van der Waals surface area contributed by atoms with Gasteiger partial charge >= 0.3 is 5.97 Å². The Bertz CT molecular complexity index is 1390. The van der Waals surface area contributed by atoms with Gasteiger partial charge in [-0.25, -0.2) is 4.79 Å². The second kappa shape index (κ2) is 13.4. The summed E-state index contributed by atoms with van der Waals surface area (Å²) in [7, 11) is 1.28. The van der Waals surface area contributed by atoms with Crippen molar-refractivity contribution in [3.8, 4) is 22.6 Å². The van der Waals surface area contributed by atoms with Gasteiger partial charge < -0.3 is 14.2 Å². The summed E-state index contributed by atoms with van der Waals surface area (Å²) in [5.74, 6) is 0.149. The van der Waals surface area contributed by atoms with E-state index in [4.69, 9.17) is 9.47 Å². The third-order valence-electron chi connectivity index (χ3n) is 5.76. The number of esters is 1. The van der Waals surface area contributed by atoms with Crippen molar-refractivity contribution >= 4 is 17.8 Å². The van der Waals surface area contributed by atoms with Gasteiger partial charge in [0.05, 0.1) is 25.9 Å². The molecule has 8 heteroatoms. The molecule has 0 fully saturated rings. The number of carbonyl (C=O) groups excluding carboxylic acids is 3. The van der Waals surface area contributed by atoms with Crippen LogP contribution in [0.25, 0.3) is 11.1 Å². The first-order valence-corrected chi connectivity index (χ1v) is 12.3. The molecule has 4 aromatic rings. The van der Waals surface area contributed by atoms with E-state index in [1.165, 1.54) is 31.4 Å². The summed E-state index contributed by atoms with van der Waals surface area (Å²) in [4.78, 5) is 36.3. The Hall–Kier alpha value is -5.11. The molecule has 2 N–H and O–H groups in total. The zero-order chi connectivity index (χ0) is 27.5. The van der Waals surface area contributed by atoms with E-state index in [0.717, 1.165) is 29.0 Å². The summed E-state index contributed by atoms with van der Waals surface area (Å²) in [5, 5.41) is 0. The minimum Gasteiger partial charge on any atom is -0.493 e. The molecule has 8 nitrogen and oxygen atoms in total. The number of methoxy groups -OCH3 is 1. The fraction of sp³-hybridized carbons (Fsp3) is 0.129. The van der Waals surface area contributed by atoms with Gasteiger partial charge in [-0.15, -0.1) is 0 Å². The molecule has 39 heavy (non-hydrogen) atoms. The van der Waals surface area contributed by atoms with Crippen LogP contribution in [0.3, 0.4) is 0 Å². The predicted molar refractivity (Wildman–Crippen MR) is 147 cm³/mol. The molecule has 0 radical (unpaired) electrons. The number of ether oxygens (including phenoxy) is 3. The molecular weight excluding hydrogens is 496 g/mol. The van der Waals surface area contributed by atoms with Crippen LogP contribution in [-0.2, 0) is 4.74 Å². The van der Waals surface area contributed by atoms with Gasteiger partial charge in [-0.3, -0.25) is 20.4 Å². The Kier molecular flexibility index (Phi) is 9.28. The van der Waals surface area contributed by atoms with Gasteiger partial charge in [0.1, 0.15) is 11.5 Å². The van der Waals surface area contributed by atoms with Crippen LogP contribution >= 0.6 is 0 Å². The smallest absolute Gasteiger partial charge is 0.337 e. The van der Waals surface area contributed by atoms with Gasteiger partial charge in [0.25, 0.3) is 11.8 Å². The highest BCUT2D eigenvalue weighted by molar-refractivity contribution is 6.00. The van der Waals surface area contributed by atoms with Crippen molar-refractivity contribution in [2.45, 2.75) is 6.42 Å². The maximum Gasteiger partial charge on any atom is 0.337 e. The molecule has 0 aliphatic heterocycles. The quantitative estimate of drug-likeness (QED) is 0.171. The second-order valence-corrected chi connectivity index (χ2v) is 8.44. The molecule has 4 rings (SSSR count). The van der Waals surface area contributed by atoms with Crippen molar-refractivity contribution in [2.75, 3.05) is 20.3 Å². The minimum atomic E-state index is -0.512. The highest BCUT2D eigenvalue weighted by Crippen LogP contribution is 2.23. The molecule has 0 heterocycles. The summed E-state index contributed by atoms with van der Waals surface area (Å²) in [6.45, 7) is 1.13. The van der Waals surface area contributed by atoms with Crippen LogP contribution < -0.4 is 20.3 Å². The Balaban J connectivity index is 1.22. The number of amides is 2. The molecule has 0 saturated carbocycles. The average Bonchev–Trinajstić information content (AvgIpc) is 3.00. The highest BCUT2D eigenvalue weighted by Gasteiger charge is 2.11. The van der Waals surface area contributed by atoms with Crippen molar-refractivity contribution in [1.82, 2.24) is 10.9 Å². The fourth-order valence-electron chi connectivity index (χ4n) is 3.65. The second-order valence-electron chi connectivity index (χ2n) is 8.44. The Morgan fingerprint density at radius 1 is 0.564 bits per heavy atom. The Morgan fingerprint density at radius 2 is 1.00 bits per heavy atom. The monoisotopic (exact) mass is 524 g/mol. The lowest BCUT2D eigenvalue weighted by atomic mass is 10.0. The Labute approximate surface area is 226 Å². The van der Waals surface area contributed by atoms with E-state index in [1.54, 1.807) is 12.1 Å². The van der Waals surface area contributed by atoms with E-state index in [-0.39, 0.29) is 5.56 Å². The molecule has 0 bridgehead atoms. The van der Waals surface area contributed by atoms with Gasteiger partial charge in [-0.1, -0.05) is 42.5 Å². The Morgan fingerprint density at radius 3 is 1.51 bits per heavy atom. The number of hydrogen-bond donors (Lipinski definition) is 2. The minimum absolute atomic E-state index is 0.284. The maximum atomic E-state index is 12.5. The molecule has 2 amide bonds. The maximum absolute atomic E-state index is 12.5. The normalized spacial score (nSPS) is 10.3. The van der Waals surface area contributed by atoms with E-state index in [9.17, 15) is 14.4 Å². The first-order valence-electron chi connectivity index (χ1n) is 12.3. The topological polar surface area (TPSA) is 103 Å². The van der Waals surface area contributed by atoms with Crippen LogP contribution in [0.5, 0.6) is 11.5 Å². The molecule has 0 aromatic heterocycles. The summed E-state index contributed by atoms with van der Waals surface area (Å²) in [6.07, 6.45) is 0.766. The lowest BCUT2D eigenvalue weighted by Crippen LogP contribution is -2.41. The molecule has 0 spiro atoms. The molecule has 198 valence electrons. The number of hydrogen-bond acceptors (Lipinski definition) is 6. The van der Waals surface area contributed by atoms with Crippen molar-refractivity contribution in [3.05, 3.63) is 120 Å². The molecule has 0 unspecified atom stereocenters. The average molecular weight is 525 g/mol. The zero-order valence-corrected chi connectivity index (χ0v) is 21.4. The standard InChI is InChI=1S/C31H28N2O6/c1-37-31(36)26-14-12-25(13-15-26)30(35)33-32-29(34)24-10-8-22(9-11-24)23-16-18-28(19-17-23)39-21-5-20-38-27-6-3-2-4-7-27/h2-4,6-19H,5,20-21H2,1H3,(H,32,34)(H,33,35). The lowest BCUT2D eigenvalue weighted by Gasteiger charge is -2.10. The van der Waals surface area contributed by atoms with Gasteiger partial charge in [-0.05, 0) is 71.8 Å². The number of para-hydroxylation sites is 1. The molecule has 0 saturated heterocycles. The first-order chi connectivity index (χ1) is 19.0. The van der Waals surface area contributed by atoms with Crippen LogP contribution in [0.4, 0.5) is 0 Å². The lowest BCUT2D eigenvalue weighted by molar-refractivity contribution is 0.0600. The van der Waals surface area contributed by atoms with Crippen molar-refractivity contribution in [2.24, 2.45) is 0 Å². The van der Waals surface area contributed by atoms with Gasteiger partial charge in [0, 0.05) is 17.5 Å². The predicted octanol–water partition coefficient (Wildman–Crippen LogP) is 5.06. The molecule has 0 aliphatic carbocycles. The van der Waals surface area contributed by atoms with Crippen molar-refractivity contribution in [3.63, 3.8) is 0 Å². The zero-order valence-electron chi connectivity index (χ0n) is 21.4. The third kappa shape index (κ3) is 7.69. The highest BCUT2D eigenvalue weighted by atomic mass is 16.5. The van der Waals surface area contributed by atoms with E-state index in [1.807, 2.05) is 66.7 Å². The molecule has 0 aliphatic rings. The van der Waals surface area contributed by atoms with Crippen LogP contribution in [0, 0.1) is 0 Å². The summed E-state index contributed by atoms with van der Waals surface area (Å²) in [6, 6.07) is 30.3. The number of nitrogens with one attached hydrogen (secondary N) is 2. The fourth-order valence-corrected chi connectivity index (χ4v) is 3.65. The third-order valence-corrected chi connectivity index (χ3v) is 5.76. The van der Waals surface area contributed by atoms with Crippen LogP contribution in [0.15, 0.2) is 103 Å². The van der Waals surface area contributed by atoms with Crippen LogP contribution in [0.1, 0.15) is 37.5 Å². The van der Waals surface area contributed by atoms with Gasteiger partial charge in [0.2, 0.25) is 0 Å².